The second-order valence-electron chi connectivity index (χ2n) is 35.1. The second-order valence-corrected chi connectivity index (χ2v) is 37.2. The number of pyridine rings is 1. The van der Waals surface area contributed by atoms with Crippen molar-refractivity contribution in [2.45, 2.75) is 82.9 Å². The maximum atomic E-state index is 11.7. The van der Waals surface area contributed by atoms with E-state index in [2.05, 4.69) is 111 Å². The fraction of sp³-hybridized carbons (Fsp3) is 0.350. The summed E-state index contributed by atoms with van der Waals surface area (Å²) in [5, 5.41) is 38.8. The van der Waals surface area contributed by atoms with Gasteiger partial charge >= 0.3 is 0 Å². The van der Waals surface area contributed by atoms with Crippen LogP contribution in [0, 0.1) is 29.6 Å². The van der Waals surface area contributed by atoms with Gasteiger partial charge in [-0.25, -0.2) is 58.3 Å². The van der Waals surface area contributed by atoms with Crippen molar-refractivity contribution in [3.05, 3.63) is 204 Å². The van der Waals surface area contributed by atoms with E-state index in [0.717, 1.165) is 150 Å². The van der Waals surface area contributed by atoms with Crippen molar-refractivity contribution in [2.24, 2.45) is 5.92 Å². The van der Waals surface area contributed by atoms with E-state index in [0.29, 0.717) is 173 Å². The van der Waals surface area contributed by atoms with Crippen LogP contribution in [0.15, 0.2) is 176 Å². The van der Waals surface area contributed by atoms with Crippen molar-refractivity contribution in [1.29, 1.82) is 5.26 Å². The van der Waals surface area contributed by atoms with Crippen LogP contribution >= 0.6 is 0 Å². The first kappa shape index (κ1) is 91.5. The average molecular weight is 1890 g/mol. The third-order valence-electron chi connectivity index (χ3n) is 25.3. The lowest BCUT2D eigenvalue weighted by Crippen LogP contribution is -2.37. The molecule has 0 atom stereocenters. The highest BCUT2D eigenvalue weighted by atomic mass is 32.2. The maximum Gasteiger partial charge on any atom is 0.247 e. The molecule has 0 spiro atoms. The first-order valence-corrected chi connectivity index (χ1v) is 48.8. The number of aromatic amines is 1. The van der Waals surface area contributed by atoms with Crippen LogP contribution in [-0.2, 0) is 71.9 Å². The molecule has 5 aliphatic heterocycles. The Balaban J connectivity index is 0.000000107. The van der Waals surface area contributed by atoms with E-state index >= 15 is 0 Å². The molecule has 139 heavy (non-hydrogen) atoms. The lowest BCUT2D eigenvalue weighted by Gasteiger charge is -2.27. The molecule has 5 saturated heterocycles. The Morgan fingerprint density at radius 1 is 0.439 bits per heavy atom. The number of sulfone groups is 1. The quantitative estimate of drug-likeness (QED) is 0.0546. The molecule has 4 N–H and O–H groups in total. The van der Waals surface area contributed by atoms with Crippen LogP contribution in [0.2, 0.25) is 0 Å². The normalized spacial score (nSPS) is 16.2. The number of aromatic nitrogens is 21. The minimum atomic E-state index is -3.12. The number of allylic oxidation sites excluding steroid dienone is 1. The molecule has 0 amide bonds. The minimum Gasteiger partial charge on any atom is -0.508 e. The molecular weight excluding hydrogens is 1790 g/mol. The predicted molar refractivity (Wildman–Crippen MR) is 526 cm³/mol. The largest absolute Gasteiger partial charge is 0.508 e. The van der Waals surface area contributed by atoms with E-state index in [1.54, 1.807) is 84.3 Å². The molecule has 3 aliphatic carbocycles. The number of nitrogens with one attached hydrogen (secondary N) is 1. The molecule has 24 rings (SSSR count). The Bertz CT molecular complexity index is 7450. The highest BCUT2D eigenvalue weighted by molar-refractivity contribution is 7.89. The summed E-state index contributed by atoms with van der Waals surface area (Å²) in [7, 11) is -3.12. The molecule has 0 radical (unpaired) electrons. The van der Waals surface area contributed by atoms with Crippen LogP contribution < -0.4 is 30.1 Å². The Hall–Kier alpha value is -15.3. The summed E-state index contributed by atoms with van der Waals surface area (Å²) in [6.45, 7) is 16.0. The second kappa shape index (κ2) is 41.4. The molecule has 39 heteroatoms. The van der Waals surface area contributed by atoms with Crippen molar-refractivity contribution in [3.63, 3.8) is 0 Å². The summed E-state index contributed by atoms with van der Waals surface area (Å²) in [5.41, 5.74) is 19.5. The van der Waals surface area contributed by atoms with E-state index in [-0.39, 0.29) is 35.1 Å². The number of anilines is 5. The van der Waals surface area contributed by atoms with Gasteiger partial charge in [0.1, 0.15) is 79.8 Å². The Morgan fingerprint density at radius 2 is 0.842 bits per heavy atom. The summed E-state index contributed by atoms with van der Waals surface area (Å²) < 4.78 is 60.6. The van der Waals surface area contributed by atoms with E-state index in [4.69, 9.17) is 75.2 Å². The Labute approximate surface area is 799 Å². The molecule has 38 nitrogen and oxygen atoms in total. The number of nitrogens with zero attached hydrogens (tertiary/aromatic N) is 26. The molecule has 11 aromatic heterocycles. The first-order chi connectivity index (χ1) is 68.0. The highest BCUT2D eigenvalue weighted by Gasteiger charge is 2.31. The summed E-state index contributed by atoms with van der Waals surface area (Å²) in [6.07, 6.45) is 30.0. The fourth-order valence-electron chi connectivity index (χ4n) is 18.2. The number of aromatic hydroxyl groups is 3. The number of phenols is 3. The van der Waals surface area contributed by atoms with Crippen molar-refractivity contribution in [1.82, 2.24) is 103 Å². The number of ether oxygens (including phenoxy) is 5. The maximum absolute atomic E-state index is 11.7. The predicted octanol–water partition coefficient (Wildman–Crippen LogP) is 11.3. The van der Waals surface area contributed by atoms with Crippen LogP contribution in [0.1, 0.15) is 66.8 Å². The number of H-pyrrole nitrogens is 1. The van der Waals surface area contributed by atoms with E-state index < -0.39 is 9.84 Å². The zero-order valence-electron chi connectivity index (χ0n) is 76.7. The Morgan fingerprint density at radius 3 is 1.29 bits per heavy atom. The van der Waals surface area contributed by atoms with Crippen molar-refractivity contribution < 1.29 is 47.4 Å². The number of benzene rings is 5. The molecule has 2 saturated carbocycles. The number of hydrogen-bond donors (Lipinski definition) is 4. The number of fused-ring (bicyclic) bond motifs is 6. The number of phenolic OH excluding ortho intramolecular Hbond substituents is 3. The number of morpholine rings is 5. The van der Waals surface area contributed by atoms with Crippen molar-refractivity contribution >= 4 is 101 Å². The lowest BCUT2D eigenvalue weighted by molar-refractivity contribution is 0.122. The molecule has 16 heterocycles. The molecule has 0 bridgehead atoms. The standard InChI is InChI=1S/C24H25N5O4S.C22H23N5O.C20H23N5O2.C18H17N5O2.C16H15N7O2/c1-34(31,32)15-18-5-2-4-17(12-18)14-29-16-25-22-21(19-6-3-7-20(30)13-19)26-24(27-23(22)29)28-8-10-33-11-9-28;1-3-16-4-2-6-18(17(16)5-1)19-20-21(27(14-23-20)13-15-7-8-15)25-22(24-19)26-9-11-28-12-10-26;26-16-7-3-4-14(12-16)17-18-19(25(13-21-18)15-5-1-2-6-15)23-20(22-17)24-8-10-27-11-9-24;1-2-6-23-12-19-16-15(13-4-3-5-14(24)11-13)20-18(21-17(16)23)22-7-9-25-10-8-22;17-3-4-23-10-19-14-13(11-1-2-12(24)18-9-11)20-16(21-15(14)23)22-5-7-25-8-6-22/h2-7,12-13,16,30H,8-11,14-15H2,1H3;1-2,4-6,14-15H,3,7-13H2;3-4,7,12-13,15,26H,1-2,5-6,8-11H2;1,3-5,11-12,24H,6-10H2;1-2,9-10H,4-8H2,(H,18,24). The summed E-state index contributed by atoms with van der Waals surface area (Å²) in [5.74, 6) is 7.22. The van der Waals surface area contributed by atoms with Gasteiger partial charge in [-0.05, 0) is 103 Å². The van der Waals surface area contributed by atoms with E-state index in [1.807, 2.05) is 75.2 Å². The van der Waals surface area contributed by atoms with Gasteiger partial charge in [-0.1, -0.05) is 110 Å². The summed E-state index contributed by atoms with van der Waals surface area (Å²) in [6, 6.07) is 40.9. The van der Waals surface area contributed by atoms with Crippen LogP contribution in [0.25, 0.3) is 118 Å². The number of nitriles is 1. The number of hydrogen-bond acceptors (Lipinski definition) is 32. The molecular formula is C100H103N27O11S. The number of imidazole rings is 5. The molecule has 0 unspecified atom stereocenters. The van der Waals surface area contributed by atoms with Gasteiger partial charge < -0.3 is 91.3 Å². The third kappa shape index (κ3) is 20.9. The SMILES string of the molecule is C#CCn1cnc2c(-c3cccc(O)c3)nc(N3CCOCC3)nc21.C1=Cc2c(cccc2-c2nc(N3CCOCC3)nc3c2ncn3CC2CC2)C1.CS(=O)(=O)Cc1cccc(Cn2cnc3c(-c4cccc(O)c4)nc(N4CCOCC4)nc32)c1.N#CCn1cnc2c(-c3ccc(=O)[nH]c3)nc(N3CCOCC3)nc21.Oc1cccc(-c2nc(N3CCOCC3)nc3c2ncn3C2CCCC2)c1. The molecule has 5 aromatic carbocycles. The van der Waals surface area contributed by atoms with Gasteiger partial charge in [-0.2, -0.15) is 30.2 Å². The lowest BCUT2D eigenvalue weighted by atomic mass is 10.0. The van der Waals surface area contributed by atoms with Gasteiger partial charge in [0, 0.05) is 124 Å². The van der Waals surface area contributed by atoms with Crippen LogP contribution in [0.3, 0.4) is 0 Å². The van der Waals surface area contributed by atoms with Crippen LogP contribution in [0.4, 0.5) is 29.7 Å². The Kier molecular flexibility index (Phi) is 27.2. The van der Waals surface area contributed by atoms with Crippen LogP contribution in [0.5, 0.6) is 17.2 Å². The minimum absolute atomic E-state index is 0.00346. The van der Waals surface area contributed by atoms with Gasteiger partial charge in [0.2, 0.25) is 35.3 Å². The smallest absolute Gasteiger partial charge is 0.247 e. The topological polar surface area (TPSA) is 432 Å². The van der Waals surface area contributed by atoms with Crippen molar-refractivity contribution in [2.75, 3.05) is 162 Å². The molecule has 7 fully saturated rings. The van der Waals surface area contributed by atoms with Gasteiger partial charge in [0.05, 0.1) is 123 Å². The first-order valence-electron chi connectivity index (χ1n) is 46.8. The highest BCUT2D eigenvalue weighted by Crippen LogP contribution is 2.41. The van der Waals surface area contributed by atoms with E-state index in [9.17, 15) is 28.5 Å². The molecule has 16 aromatic rings. The van der Waals surface area contributed by atoms with Gasteiger partial charge in [-0.3, -0.25) is 4.79 Å². The van der Waals surface area contributed by atoms with Crippen molar-refractivity contribution in [3.8, 4) is 91.9 Å². The average Bonchev–Trinajstić information content (AvgIpc) is 1.64. The van der Waals surface area contributed by atoms with Crippen LogP contribution in [-0.4, -0.2) is 264 Å². The van der Waals surface area contributed by atoms with Gasteiger partial charge in [0.15, 0.2) is 38.1 Å². The summed E-state index contributed by atoms with van der Waals surface area (Å²) in [4.78, 5) is 95.6. The zero-order valence-corrected chi connectivity index (χ0v) is 77.6. The van der Waals surface area contributed by atoms with Gasteiger partial charge in [0.25, 0.3) is 0 Å². The zero-order chi connectivity index (χ0) is 94.9. The summed E-state index contributed by atoms with van der Waals surface area (Å²) >= 11 is 0. The monoisotopic (exact) mass is 1890 g/mol. The molecule has 710 valence electrons. The fourth-order valence-corrected chi connectivity index (χ4v) is 19.0. The van der Waals surface area contributed by atoms with E-state index in [1.165, 1.54) is 62.0 Å². The molecule has 8 aliphatic rings. The van der Waals surface area contributed by atoms with Gasteiger partial charge in [-0.15, -0.1) is 6.42 Å². The number of rotatable bonds is 19. The number of terminal acetylenes is 1. The third-order valence-corrected chi connectivity index (χ3v) is 26.2.